The number of hydrogen-bond acceptors (Lipinski definition) is 4. The zero-order valence-electron chi connectivity index (χ0n) is 10.9. The van der Waals surface area contributed by atoms with Gasteiger partial charge >= 0.3 is 0 Å². The van der Waals surface area contributed by atoms with Gasteiger partial charge in [0.1, 0.15) is 11.3 Å². The molecule has 4 nitrogen and oxygen atoms in total. The highest BCUT2D eigenvalue weighted by atomic mass is 16.3. The lowest BCUT2D eigenvalue weighted by molar-refractivity contribution is -0.145. The van der Waals surface area contributed by atoms with Crippen LogP contribution in [-0.2, 0) is 14.4 Å². The van der Waals surface area contributed by atoms with E-state index in [-0.39, 0.29) is 17.8 Å². The maximum atomic E-state index is 12.1. The van der Waals surface area contributed by atoms with Crippen molar-refractivity contribution >= 4 is 17.3 Å². The monoisotopic (exact) mass is 238 g/mol. The third-order valence-electron chi connectivity index (χ3n) is 3.36. The summed E-state index contributed by atoms with van der Waals surface area (Å²) in [5.41, 5.74) is -2.64. The fourth-order valence-corrected chi connectivity index (χ4v) is 2.16. The van der Waals surface area contributed by atoms with Crippen molar-refractivity contribution in [1.82, 2.24) is 0 Å². The second-order valence-corrected chi connectivity index (χ2v) is 5.41. The quantitative estimate of drug-likeness (QED) is 0.590. The number of hydrogen-bond donors (Lipinski definition) is 1. The summed E-state index contributed by atoms with van der Waals surface area (Å²) >= 11 is 0. The highest BCUT2D eigenvalue weighted by Gasteiger charge is 2.54. The molecule has 4 heteroatoms. The smallest absolute Gasteiger partial charge is 0.182 e. The summed E-state index contributed by atoms with van der Waals surface area (Å²) in [4.78, 5) is 35.9. The number of allylic oxidation sites excluding steroid dienone is 2. The highest BCUT2D eigenvalue weighted by Crippen LogP contribution is 2.43. The molecule has 0 aromatic rings. The van der Waals surface area contributed by atoms with E-state index in [1.807, 2.05) is 0 Å². The minimum Gasteiger partial charge on any atom is -0.510 e. The Balaban J connectivity index is 3.56. The first-order valence-electron chi connectivity index (χ1n) is 5.65. The van der Waals surface area contributed by atoms with Crippen molar-refractivity contribution in [3.63, 3.8) is 0 Å². The predicted molar refractivity (Wildman–Crippen MR) is 62.5 cm³/mol. The minimum atomic E-state index is -1.25. The van der Waals surface area contributed by atoms with E-state index in [4.69, 9.17) is 0 Å². The van der Waals surface area contributed by atoms with Crippen LogP contribution in [0, 0.1) is 10.8 Å². The number of rotatable bonds is 2. The minimum absolute atomic E-state index is 0.130. The largest absolute Gasteiger partial charge is 0.510 e. The summed E-state index contributed by atoms with van der Waals surface area (Å²) in [7, 11) is 0. The van der Waals surface area contributed by atoms with E-state index in [1.54, 1.807) is 6.92 Å². The molecule has 17 heavy (non-hydrogen) atoms. The van der Waals surface area contributed by atoms with Gasteiger partial charge in [0.2, 0.25) is 0 Å². The summed E-state index contributed by atoms with van der Waals surface area (Å²) in [6.07, 6.45) is 0.130. The standard InChI is InChI=1S/C13H18O4/c1-6-7(14)8-9(15)12(2,3)11(17)13(4,5)10(8)16/h15H,6H2,1-5H3. The summed E-state index contributed by atoms with van der Waals surface area (Å²) in [5, 5.41) is 9.99. The van der Waals surface area contributed by atoms with Crippen LogP contribution >= 0.6 is 0 Å². The molecule has 94 valence electrons. The van der Waals surface area contributed by atoms with Gasteiger partial charge in [0.25, 0.3) is 0 Å². The number of aliphatic hydroxyl groups excluding tert-OH is 1. The van der Waals surface area contributed by atoms with Gasteiger partial charge in [-0.25, -0.2) is 0 Å². The number of carbonyl (C=O) groups excluding carboxylic acids is 3. The number of ketones is 3. The van der Waals surface area contributed by atoms with E-state index in [0.717, 1.165) is 0 Å². The first-order chi connectivity index (χ1) is 7.58. The molecule has 0 aromatic heterocycles. The highest BCUT2D eigenvalue weighted by molar-refractivity contribution is 6.30. The molecular formula is C13H18O4. The Kier molecular flexibility index (Phi) is 3.04. The SMILES string of the molecule is CCC(=O)C1=C(O)C(C)(C)C(=O)C(C)(C)C1=O. The Morgan fingerprint density at radius 3 is 2.00 bits per heavy atom. The van der Waals surface area contributed by atoms with Crippen molar-refractivity contribution < 1.29 is 19.5 Å². The molecule has 0 radical (unpaired) electrons. The van der Waals surface area contributed by atoms with E-state index in [1.165, 1.54) is 27.7 Å². The maximum absolute atomic E-state index is 12.1. The van der Waals surface area contributed by atoms with Crippen LogP contribution in [0.1, 0.15) is 41.0 Å². The lowest BCUT2D eigenvalue weighted by atomic mass is 9.63. The van der Waals surface area contributed by atoms with Crippen molar-refractivity contribution in [2.45, 2.75) is 41.0 Å². The first kappa shape index (κ1) is 13.6. The van der Waals surface area contributed by atoms with Crippen LogP contribution in [0.3, 0.4) is 0 Å². The van der Waals surface area contributed by atoms with Crippen LogP contribution in [0.2, 0.25) is 0 Å². The van der Waals surface area contributed by atoms with Gasteiger partial charge in [-0.2, -0.15) is 0 Å². The fraction of sp³-hybridized carbons (Fsp3) is 0.615. The Hall–Kier alpha value is -1.45. The molecule has 1 aliphatic rings. The van der Waals surface area contributed by atoms with Crippen LogP contribution < -0.4 is 0 Å². The molecule has 0 heterocycles. The Morgan fingerprint density at radius 1 is 1.12 bits per heavy atom. The van der Waals surface area contributed by atoms with Gasteiger partial charge in [0.15, 0.2) is 17.3 Å². The van der Waals surface area contributed by atoms with E-state index in [2.05, 4.69) is 0 Å². The lowest BCUT2D eigenvalue weighted by Gasteiger charge is -2.37. The average Bonchev–Trinajstić information content (AvgIpc) is 2.25. The van der Waals surface area contributed by atoms with E-state index < -0.39 is 28.2 Å². The molecular weight excluding hydrogens is 220 g/mol. The lowest BCUT2D eigenvalue weighted by Crippen LogP contribution is -2.50. The second-order valence-electron chi connectivity index (χ2n) is 5.41. The number of carbonyl (C=O) groups is 3. The molecule has 0 spiro atoms. The summed E-state index contributed by atoms with van der Waals surface area (Å²) in [5.74, 6) is -1.74. The van der Waals surface area contributed by atoms with Gasteiger partial charge in [-0.1, -0.05) is 6.92 Å². The molecule has 0 amide bonds. The summed E-state index contributed by atoms with van der Waals surface area (Å²) in [6.45, 7) is 7.67. The van der Waals surface area contributed by atoms with Crippen molar-refractivity contribution in [3.05, 3.63) is 11.3 Å². The molecule has 0 saturated heterocycles. The van der Waals surface area contributed by atoms with E-state index >= 15 is 0 Å². The van der Waals surface area contributed by atoms with Crippen LogP contribution in [0.25, 0.3) is 0 Å². The molecule has 1 rings (SSSR count). The van der Waals surface area contributed by atoms with Gasteiger partial charge in [-0.05, 0) is 27.7 Å². The van der Waals surface area contributed by atoms with E-state index in [0.29, 0.717) is 0 Å². The Labute approximate surface area is 101 Å². The van der Waals surface area contributed by atoms with Crippen LogP contribution in [0.15, 0.2) is 11.3 Å². The van der Waals surface area contributed by atoms with Gasteiger partial charge in [-0.15, -0.1) is 0 Å². The van der Waals surface area contributed by atoms with Gasteiger partial charge in [0.05, 0.1) is 10.8 Å². The van der Waals surface area contributed by atoms with Crippen LogP contribution in [0.5, 0.6) is 0 Å². The molecule has 1 N–H and O–H groups in total. The van der Waals surface area contributed by atoms with Crippen molar-refractivity contribution in [2.75, 3.05) is 0 Å². The number of Topliss-reactive ketones (excluding diaryl/α,β-unsaturated/α-hetero) is 3. The summed E-state index contributed by atoms with van der Waals surface area (Å²) in [6, 6.07) is 0. The number of aliphatic hydroxyl groups is 1. The summed E-state index contributed by atoms with van der Waals surface area (Å²) < 4.78 is 0. The molecule has 1 aliphatic carbocycles. The molecule has 0 unspecified atom stereocenters. The van der Waals surface area contributed by atoms with Gasteiger partial charge in [-0.3, -0.25) is 14.4 Å². The molecule has 0 aliphatic heterocycles. The Bertz CT molecular complexity index is 438. The van der Waals surface area contributed by atoms with E-state index in [9.17, 15) is 19.5 Å². The zero-order chi connectivity index (χ0) is 13.6. The molecule has 0 aromatic carbocycles. The van der Waals surface area contributed by atoms with Gasteiger partial charge < -0.3 is 5.11 Å². The van der Waals surface area contributed by atoms with Crippen LogP contribution in [0.4, 0.5) is 0 Å². The first-order valence-corrected chi connectivity index (χ1v) is 5.65. The maximum Gasteiger partial charge on any atom is 0.182 e. The third-order valence-corrected chi connectivity index (χ3v) is 3.36. The topological polar surface area (TPSA) is 71.4 Å². The fourth-order valence-electron chi connectivity index (χ4n) is 2.16. The Morgan fingerprint density at radius 2 is 1.59 bits per heavy atom. The van der Waals surface area contributed by atoms with Crippen LogP contribution in [-0.4, -0.2) is 22.5 Å². The normalized spacial score (nSPS) is 22.9. The van der Waals surface area contributed by atoms with Gasteiger partial charge in [0, 0.05) is 6.42 Å². The predicted octanol–water partition coefficient (Wildman–Crippen LogP) is 1.98. The van der Waals surface area contributed by atoms with Crippen molar-refractivity contribution in [3.8, 4) is 0 Å². The molecule has 0 fully saturated rings. The molecule has 0 atom stereocenters. The van der Waals surface area contributed by atoms with Crippen molar-refractivity contribution in [2.24, 2.45) is 10.8 Å². The van der Waals surface area contributed by atoms with Crippen molar-refractivity contribution in [1.29, 1.82) is 0 Å². The molecule has 0 saturated carbocycles. The zero-order valence-corrected chi connectivity index (χ0v) is 10.9. The molecule has 0 bridgehead atoms. The average molecular weight is 238 g/mol. The second kappa shape index (κ2) is 3.79. The third kappa shape index (κ3) is 1.72.